The molecule has 0 bridgehead atoms. The van der Waals surface area contributed by atoms with Crippen LogP contribution in [0.4, 0.5) is 0 Å². The van der Waals surface area contributed by atoms with Crippen molar-refractivity contribution in [2.24, 2.45) is 5.73 Å². The van der Waals surface area contributed by atoms with Gasteiger partial charge in [0.25, 0.3) is 0 Å². The molecule has 0 saturated heterocycles. The molecule has 0 spiro atoms. The molecule has 14 heavy (non-hydrogen) atoms. The summed E-state index contributed by atoms with van der Waals surface area (Å²) in [5.74, 6) is 0.745. The van der Waals surface area contributed by atoms with Crippen LogP contribution in [0.2, 0.25) is 0 Å². The predicted molar refractivity (Wildman–Crippen MR) is 56.1 cm³/mol. The van der Waals surface area contributed by atoms with Gasteiger partial charge in [0.05, 0.1) is 5.60 Å². The summed E-state index contributed by atoms with van der Waals surface area (Å²) in [6.45, 7) is 4.19. The first-order chi connectivity index (χ1) is 6.51. The fraction of sp³-hybridized carbons (Fsp3) is 0.455. The van der Waals surface area contributed by atoms with Gasteiger partial charge >= 0.3 is 0 Å². The largest absolute Gasteiger partial charge is 0.491 e. The third-order valence-electron chi connectivity index (χ3n) is 1.73. The number of benzene rings is 1. The van der Waals surface area contributed by atoms with E-state index in [1.807, 2.05) is 24.3 Å². The SMILES string of the molecule is CC(C)(O)COc1cccc(CN)c1. The first-order valence-electron chi connectivity index (χ1n) is 4.65. The first-order valence-corrected chi connectivity index (χ1v) is 4.65. The van der Waals surface area contributed by atoms with Crippen molar-refractivity contribution in [3.63, 3.8) is 0 Å². The van der Waals surface area contributed by atoms with Crippen LogP contribution in [0.15, 0.2) is 24.3 Å². The first kappa shape index (κ1) is 11.0. The number of rotatable bonds is 4. The Morgan fingerprint density at radius 1 is 1.43 bits per heavy atom. The van der Waals surface area contributed by atoms with Gasteiger partial charge in [0.1, 0.15) is 12.4 Å². The molecule has 1 aromatic rings. The van der Waals surface area contributed by atoms with E-state index in [4.69, 9.17) is 10.5 Å². The number of ether oxygens (including phenoxy) is 1. The van der Waals surface area contributed by atoms with Gasteiger partial charge in [0, 0.05) is 6.54 Å². The van der Waals surface area contributed by atoms with Crippen molar-refractivity contribution >= 4 is 0 Å². The lowest BCUT2D eigenvalue weighted by molar-refractivity contribution is 0.0284. The summed E-state index contributed by atoms with van der Waals surface area (Å²) >= 11 is 0. The van der Waals surface area contributed by atoms with Crippen molar-refractivity contribution in [2.45, 2.75) is 26.0 Å². The molecule has 0 aliphatic carbocycles. The van der Waals surface area contributed by atoms with E-state index in [1.165, 1.54) is 0 Å². The fourth-order valence-electron chi connectivity index (χ4n) is 1.02. The average Bonchev–Trinajstić information content (AvgIpc) is 2.14. The summed E-state index contributed by atoms with van der Waals surface area (Å²) in [7, 11) is 0. The van der Waals surface area contributed by atoms with Crippen LogP contribution in [0.5, 0.6) is 5.75 Å². The lowest BCUT2D eigenvalue weighted by Gasteiger charge is -2.17. The Morgan fingerprint density at radius 3 is 2.71 bits per heavy atom. The van der Waals surface area contributed by atoms with E-state index in [2.05, 4.69) is 0 Å². The maximum Gasteiger partial charge on any atom is 0.119 e. The van der Waals surface area contributed by atoms with Gasteiger partial charge in [-0.1, -0.05) is 12.1 Å². The van der Waals surface area contributed by atoms with E-state index in [-0.39, 0.29) is 6.61 Å². The quantitative estimate of drug-likeness (QED) is 0.761. The van der Waals surface area contributed by atoms with E-state index in [0.717, 1.165) is 11.3 Å². The molecular formula is C11H17NO2. The van der Waals surface area contributed by atoms with Crippen LogP contribution >= 0.6 is 0 Å². The van der Waals surface area contributed by atoms with Crippen LogP contribution < -0.4 is 10.5 Å². The second-order valence-electron chi connectivity index (χ2n) is 3.95. The molecular weight excluding hydrogens is 178 g/mol. The molecule has 78 valence electrons. The van der Waals surface area contributed by atoms with Crippen LogP contribution in [-0.2, 0) is 6.54 Å². The van der Waals surface area contributed by atoms with Crippen molar-refractivity contribution in [1.82, 2.24) is 0 Å². The Bertz CT molecular complexity index is 292. The smallest absolute Gasteiger partial charge is 0.119 e. The molecule has 0 heterocycles. The minimum absolute atomic E-state index is 0.279. The predicted octanol–water partition coefficient (Wildman–Crippen LogP) is 1.29. The van der Waals surface area contributed by atoms with Gasteiger partial charge in [-0.2, -0.15) is 0 Å². The summed E-state index contributed by atoms with van der Waals surface area (Å²) in [6, 6.07) is 7.56. The van der Waals surface area contributed by atoms with E-state index in [9.17, 15) is 5.11 Å². The van der Waals surface area contributed by atoms with Crippen molar-refractivity contribution in [2.75, 3.05) is 6.61 Å². The highest BCUT2D eigenvalue weighted by Crippen LogP contribution is 2.14. The summed E-state index contributed by atoms with van der Waals surface area (Å²) in [5, 5.41) is 9.46. The number of hydrogen-bond acceptors (Lipinski definition) is 3. The molecule has 1 rings (SSSR count). The van der Waals surface area contributed by atoms with E-state index >= 15 is 0 Å². The average molecular weight is 195 g/mol. The fourth-order valence-corrected chi connectivity index (χ4v) is 1.02. The maximum absolute atomic E-state index is 9.46. The van der Waals surface area contributed by atoms with Crippen LogP contribution in [0, 0.1) is 0 Å². The Balaban J connectivity index is 2.59. The summed E-state index contributed by atoms with van der Waals surface area (Å²) in [5.41, 5.74) is 5.72. The van der Waals surface area contributed by atoms with Gasteiger partial charge in [-0.05, 0) is 31.5 Å². The van der Waals surface area contributed by atoms with Gasteiger partial charge in [-0.25, -0.2) is 0 Å². The minimum atomic E-state index is -0.807. The van der Waals surface area contributed by atoms with E-state index in [1.54, 1.807) is 13.8 Å². The molecule has 3 nitrogen and oxygen atoms in total. The number of aliphatic hydroxyl groups is 1. The normalized spacial score (nSPS) is 11.4. The molecule has 1 aromatic carbocycles. The van der Waals surface area contributed by atoms with Crippen LogP contribution in [0.25, 0.3) is 0 Å². The summed E-state index contributed by atoms with van der Waals surface area (Å²) < 4.78 is 5.41. The standard InChI is InChI=1S/C11H17NO2/c1-11(2,13)8-14-10-5-3-4-9(6-10)7-12/h3-6,13H,7-8,12H2,1-2H3. The highest BCUT2D eigenvalue weighted by molar-refractivity contribution is 5.28. The summed E-state index contributed by atoms with van der Waals surface area (Å²) in [6.07, 6.45) is 0. The van der Waals surface area contributed by atoms with Gasteiger partial charge < -0.3 is 15.6 Å². The Hall–Kier alpha value is -1.06. The second kappa shape index (κ2) is 4.44. The third kappa shape index (κ3) is 3.77. The maximum atomic E-state index is 9.46. The van der Waals surface area contributed by atoms with Crippen LogP contribution in [-0.4, -0.2) is 17.3 Å². The molecule has 0 aromatic heterocycles. The Labute approximate surface area is 84.5 Å². The lowest BCUT2D eigenvalue weighted by atomic mass is 10.1. The zero-order chi connectivity index (χ0) is 10.6. The molecule has 0 radical (unpaired) electrons. The third-order valence-corrected chi connectivity index (χ3v) is 1.73. The second-order valence-corrected chi connectivity index (χ2v) is 3.95. The zero-order valence-electron chi connectivity index (χ0n) is 8.66. The molecule has 0 saturated carbocycles. The van der Waals surface area contributed by atoms with Gasteiger partial charge in [0.2, 0.25) is 0 Å². The molecule has 0 fully saturated rings. The van der Waals surface area contributed by atoms with Gasteiger partial charge in [0.15, 0.2) is 0 Å². The van der Waals surface area contributed by atoms with Gasteiger partial charge in [-0.3, -0.25) is 0 Å². The minimum Gasteiger partial charge on any atom is -0.491 e. The van der Waals surface area contributed by atoms with Crippen LogP contribution in [0.3, 0.4) is 0 Å². The molecule has 0 aliphatic rings. The summed E-state index contributed by atoms with van der Waals surface area (Å²) in [4.78, 5) is 0. The van der Waals surface area contributed by atoms with Crippen molar-refractivity contribution < 1.29 is 9.84 Å². The highest BCUT2D eigenvalue weighted by atomic mass is 16.5. The Kier molecular flexibility index (Phi) is 3.49. The van der Waals surface area contributed by atoms with E-state index < -0.39 is 5.60 Å². The van der Waals surface area contributed by atoms with Crippen molar-refractivity contribution in [1.29, 1.82) is 0 Å². The molecule has 0 aliphatic heterocycles. The van der Waals surface area contributed by atoms with Gasteiger partial charge in [-0.15, -0.1) is 0 Å². The monoisotopic (exact) mass is 195 g/mol. The van der Waals surface area contributed by atoms with Crippen LogP contribution in [0.1, 0.15) is 19.4 Å². The number of nitrogens with two attached hydrogens (primary N) is 1. The zero-order valence-corrected chi connectivity index (χ0v) is 8.66. The highest BCUT2D eigenvalue weighted by Gasteiger charge is 2.13. The van der Waals surface area contributed by atoms with Crippen molar-refractivity contribution in [3.05, 3.63) is 29.8 Å². The molecule has 3 N–H and O–H groups in total. The topological polar surface area (TPSA) is 55.5 Å². The molecule has 0 amide bonds. The molecule has 0 unspecified atom stereocenters. The lowest BCUT2D eigenvalue weighted by Crippen LogP contribution is -2.27. The molecule has 3 heteroatoms. The van der Waals surface area contributed by atoms with Crippen molar-refractivity contribution in [3.8, 4) is 5.75 Å². The number of hydrogen-bond donors (Lipinski definition) is 2. The molecule has 0 atom stereocenters. The van der Waals surface area contributed by atoms with E-state index in [0.29, 0.717) is 6.54 Å². The Morgan fingerprint density at radius 2 is 2.14 bits per heavy atom.